The molecule has 124 valence electrons. The zero-order chi connectivity index (χ0) is 20.5. The number of ether oxygens (including phenoxy) is 2. The molecule has 22 heavy (non-hydrogen) atoms. The smallest absolute Gasteiger partial charge is 0.313 e. The van der Waals surface area contributed by atoms with Crippen molar-refractivity contribution in [2.24, 2.45) is 0 Å². The number of carbonyl (C=O) groups excluding carboxylic acids is 1. The van der Waals surface area contributed by atoms with Crippen LogP contribution in [0.3, 0.4) is 0 Å². The summed E-state index contributed by atoms with van der Waals surface area (Å²) in [5, 5.41) is 0. The average Bonchev–Trinajstić information content (AvgIpc) is 2.61. The van der Waals surface area contributed by atoms with Crippen LogP contribution in [0.2, 0.25) is 0 Å². The standard InChI is InChI=1S/C18H29NO3/c1-4-17(16-10-8-7-9-11-16)18(20)22-15-14-21-13-12-19(5-2)6-3/h7-11,17H,4-6,12-15H2,1-3H3/i1D3,4D2. The number of esters is 1. The van der Waals surface area contributed by atoms with E-state index < -0.39 is 25.1 Å². The molecule has 4 heteroatoms. The first kappa shape index (κ1) is 12.1. The Hall–Kier alpha value is -1.39. The molecule has 0 spiro atoms. The van der Waals surface area contributed by atoms with Gasteiger partial charge in [0.25, 0.3) is 0 Å². The van der Waals surface area contributed by atoms with Crippen LogP contribution < -0.4 is 0 Å². The molecule has 0 heterocycles. The van der Waals surface area contributed by atoms with Gasteiger partial charge in [-0.3, -0.25) is 4.79 Å². The van der Waals surface area contributed by atoms with Crippen LogP contribution in [0, 0.1) is 0 Å². The molecule has 1 aromatic carbocycles. The molecule has 0 aliphatic carbocycles. The van der Waals surface area contributed by atoms with Crippen LogP contribution in [0.4, 0.5) is 0 Å². The second-order valence-corrected chi connectivity index (χ2v) is 4.79. The van der Waals surface area contributed by atoms with E-state index in [9.17, 15) is 4.79 Å². The van der Waals surface area contributed by atoms with Gasteiger partial charge in [-0.2, -0.15) is 0 Å². The highest BCUT2D eigenvalue weighted by Gasteiger charge is 2.19. The summed E-state index contributed by atoms with van der Waals surface area (Å²) in [6.45, 7) is 4.40. The third-order valence-corrected chi connectivity index (χ3v) is 3.43. The molecule has 0 aliphatic heterocycles. The Bertz CT molecular complexity index is 562. The van der Waals surface area contributed by atoms with Crippen molar-refractivity contribution in [3.8, 4) is 0 Å². The van der Waals surface area contributed by atoms with E-state index in [0.29, 0.717) is 6.61 Å². The number of rotatable bonds is 11. The summed E-state index contributed by atoms with van der Waals surface area (Å²) in [4.78, 5) is 14.7. The van der Waals surface area contributed by atoms with Crippen molar-refractivity contribution in [3.63, 3.8) is 0 Å². The van der Waals surface area contributed by atoms with Crippen molar-refractivity contribution in [1.29, 1.82) is 0 Å². The fourth-order valence-electron chi connectivity index (χ4n) is 2.04. The minimum absolute atomic E-state index is 0.0580. The van der Waals surface area contributed by atoms with Crippen LogP contribution in [0.1, 0.15) is 45.4 Å². The lowest BCUT2D eigenvalue weighted by Crippen LogP contribution is -2.27. The maximum atomic E-state index is 12.5. The van der Waals surface area contributed by atoms with Gasteiger partial charge in [0.2, 0.25) is 0 Å². The van der Waals surface area contributed by atoms with Crippen molar-refractivity contribution < 1.29 is 21.1 Å². The number of likely N-dealkylation sites (N-methyl/N-ethyl adjacent to an activating group) is 1. The van der Waals surface area contributed by atoms with Crippen LogP contribution in [-0.4, -0.2) is 50.3 Å². The Kier molecular flexibility index (Phi) is 6.16. The van der Waals surface area contributed by atoms with E-state index in [1.54, 1.807) is 18.2 Å². The Balaban J connectivity index is 2.66. The summed E-state index contributed by atoms with van der Waals surface area (Å²) >= 11 is 0. The molecule has 1 aromatic rings. The summed E-state index contributed by atoms with van der Waals surface area (Å²) in [6, 6.07) is 8.01. The molecule has 4 nitrogen and oxygen atoms in total. The highest BCUT2D eigenvalue weighted by molar-refractivity contribution is 5.78. The molecule has 0 aliphatic rings. The molecular weight excluding hydrogens is 278 g/mol. The van der Waals surface area contributed by atoms with Crippen molar-refractivity contribution in [2.75, 3.05) is 39.5 Å². The van der Waals surface area contributed by atoms with E-state index in [1.165, 1.54) is 12.1 Å². The lowest BCUT2D eigenvalue weighted by molar-refractivity contribution is -0.147. The van der Waals surface area contributed by atoms with Crippen LogP contribution in [-0.2, 0) is 14.3 Å². The minimum Gasteiger partial charge on any atom is -0.463 e. The SMILES string of the molecule is [2H]C([2H])([2H])C([2H])([2H])C(C(=O)OCCOCCN(CC)CC)c1ccccc1. The van der Waals surface area contributed by atoms with Gasteiger partial charge in [0.15, 0.2) is 0 Å². The molecule has 1 unspecified atom stereocenters. The summed E-state index contributed by atoms with van der Waals surface area (Å²) in [5.41, 5.74) is 0.270. The van der Waals surface area contributed by atoms with Gasteiger partial charge in [0.1, 0.15) is 6.61 Å². The zero-order valence-electron chi connectivity index (χ0n) is 18.4. The summed E-state index contributed by atoms with van der Waals surface area (Å²) in [5.74, 6) is -2.45. The molecule has 0 radical (unpaired) electrons. The summed E-state index contributed by atoms with van der Waals surface area (Å²) in [7, 11) is 0. The van der Waals surface area contributed by atoms with E-state index in [-0.39, 0.29) is 18.8 Å². The van der Waals surface area contributed by atoms with Crippen molar-refractivity contribution in [1.82, 2.24) is 4.90 Å². The number of carbonyl (C=O) groups is 1. The highest BCUT2D eigenvalue weighted by Crippen LogP contribution is 2.20. The average molecular weight is 312 g/mol. The van der Waals surface area contributed by atoms with Gasteiger partial charge in [-0.1, -0.05) is 51.0 Å². The maximum absolute atomic E-state index is 12.5. The van der Waals surface area contributed by atoms with Gasteiger partial charge >= 0.3 is 5.97 Å². The Morgan fingerprint density at radius 2 is 1.95 bits per heavy atom. The molecule has 0 saturated carbocycles. The molecule has 0 bridgehead atoms. The molecular formula is C18H29NO3. The number of hydrogen-bond donors (Lipinski definition) is 0. The Morgan fingerprint density at radius 3 is 2.59 bits per heavy atom. The fourth-order valence-corrected chi connectivity index (χ4v) is 2.04. The molecule has 0 aromatic heterocycles. The van der Waals surface area contributed by atoms with Crippen LogP contribution in [0.15, 0.2) is 30.3 Å². The predicted octanol–water partition coefficient (Wildman–Crippen LogP) is 3.08. The van der Waals surface area contributed by atoms with Crippen molar-refractivity contribution >= 4 is 5.97 Å². The topological polar surface area (TPSA) is 38.8 Å². The van der Waals surface area contributed by atoms with E-state index in [1.807, 2.05) is 0 Å². The summed E-state index contributed by atoms with van der Waals surface area (Å²) in [6.07, 6.45) is -2.75. The molecule has 0 saturated heterocycles. The van der Waals surface area contributed by atoms with Gasteiger partial charge in [0, 0.05) is 13.4 Å². The van der Waals surface area contributed by atoms with E-state index in [2.05, 4.69) is 18.7 Å². The molecule has 0 amide bonds. The zero-order valence-corrected chi connectivity index (χ0v) is 13.4. The lowest BCUT2D eigenvalue weighted by Gasteiger charge is -2.18. The van der Waals surface area contributed by atoms with E-state index in [0.717, 1.165) is 19.6 Å². The minimum atomic E-state index is -2.97. The number of hydrogen-bond acceptors (Lipinski definition) is 4. The lowest BCUT2D eigenvalue weighted by atomic mass is 9.97. The monoisotopic (exact) mass is 312 g/mol. The van der Waals surface area contributed by atoms with Crippen LogP contribution in [0.25, 0.3) is 0 Å². The van der Waals surface area contributed by atoms with Gasteiger partial charge < -0.3 is 14.4 Å². The largest absolute Gasteiger partial charge is 0.463 e. The summed E-state index contributed by atoms with van der Waals surface area (Å²) < 4.78 is 49.0. The van der Waals surface area contributed by atoms with Gasteiger partial charge in [-0.15, -0.1) is 0 Å². The molecule has 1 atom stereocenters. The highest BCUT2D eigenvalue weighted by atomic mass is 16.6. The second-order valence-electron chi connectivity index (χ2n) is 4.79. The number of benzene rings is 1. The van der Waals surface area contributed by atoms with Gasteiger partial charge in [-0.05, 0) is 25.0 Å². The Morgan fingerprint density at radius 1 is 1.23 bits per heavy atom. The quantitative estimate of drug-likeness (QED) is 0.465. The third kappa shape index (κ3) is 6.58. The molecule has 0 N–H and O–H groups in total. The molecule has 1 rings (SSSR count). The van der Waals surface area contributed by atoms with Gasteiger partial charge in [0.05, 0.1) is 19.1 Å². The fraction of sp³-hybridized carbons (Fsp3) is 0.611. The van der Waals surface area contributed by atoms with Crippen LogP contribution in [0.5, 0.6) is 0 Å². The van der Waals surface area contributed by atoms with Crippen molar-refractivity contribution in [3.05, 3.63) is 35.9 Å². The van der Waals surface area contributed by atoms with Crippen molar-refractivity contribution in [2.45, 2.75) is 33.0 Å². The Labute approximate surface area is 141 Å². The predicted molar refractivity (Wildman–Crippen MR) is 89.0 cm³/mol. The normalized spacial score (nSPS) is 17.0. The first-order chi connectivity index (χ1) is 12.6. The second kappa shape index (κ2) is 11.2. The molecule has 0 fully saturated rings. The first-order valence-electron chi connectivity index (χ1n) is 10.2. The van der Waals surface area contributed by atoms with Gasteiger partial charge in [-0.25, -0.2) is 0 Å². The number of nitrogens with zero attached hydrogens (tertiary/aromatic N) is 1. The van der Waals surface area contributed by atoms with Crippen LogP contribution >= 0.6 is 0 Å². The third-order valence-electron chi connectivity index (χ3n) is 3.43. The first-order valence-corrected chi connectivity index (χ1v) is 7.66. The maximum Gasteiger partial charge on any atom is 0.313 e. The van der Waals surface area contributed by atoms with E-state index >= 15 is 0 Å². The van der Waals surface area contributed by atoms with E-state index in [4.69, 9.17) is 16.3 Å².